The lowest BCUT2D eigenvalue weighted by molar-refractivity contribution is -0.145. The van der Waals surface area contributed by atoms with Gasteiger partial charge in [0.15, 0.2) is 18.0 Å². The maximum absolute atomic E-state index is 12.9. The van der Waals surface area contributed by atoms with Crippen molar-refractivity contribution in [2.45, 2.75) is 56.8 Å². The molecule has 194 valence electrons. The van der Waals surface area contributed by atoms with E-state index in [-0.39, 0.29) is 50.8 Å². The van der Waals surface area contributed by atoms with E-state index in [0.29, 0.717) is 6.42 Å². The molecular weight excluding hydrogens is 452 g/mol. The Morgan fingerprint density at radius 3 is 1.65 bits per heavy atom. The van der Waals surface area contributed by atoms with Gasteiger partial charge in [0.05, 0.1) is 12.6 Å². The Kier molecular flexibility index (Phi) is 14.3. The van der Waals surface area contributed by atoms with Crippen molar-refractivity contribution in [3.05, 3.63) is 0 Å². The van der Waals surface area contributed by atoms with E-state index in [9.17, 15) is 29.4 Å². The zero-order valence-electron chi connectivity index (χ0n) is 19.1. The Bertz CT molecular complexity index is 750. The van der Waals surface area contributed by atoms with Crippen molar-refractivity contribution in [1.29, 1.82) is 0 Å². The van der Waals surface area contributed by atoms with Gasteiger partial charge in [-0.15, -0.1) is 0 Å². The highest BCUT2D eigenvalue weighted by Gasteiger charge is 2.31. The first-order chi connectivity index (χ1) is 15.9. The van der Waals surface area contributed by atoms with Crippen molar-refractivity contribution in [3.8, 4) is 0 Å². The van der Waals surface area contributed by atoms with Crippen molar-refractivity contribution in [2.24, 2.45) is 38.7 Å². The van der Waals surface area contributed by atoms with Crippen molar-refractivity contribution in [1.82, 2.24) is 16.0 Å². The second kappa shape index (κ2) is 16.0. The first kappa shape index (κ1) is 30.3. The van der Waals surface area contributed by atoms with Crippen LogP contribution in [0, 0.1) is 0 Å². The number of aliphatic hydroxyl groups excluding tert-OH is 1. The van der Waals surface area contributed by atoms with Crippen LogP contribution in [0.25, 0.3) is 0 Å². The zero-order chi connectivity index (χ0) is 26.3. The average Bonchev–Trinajstić information content (AvgIpc) is 2.74. The van der Waals surface area contributed by atoms with Crippen LogP contribution in [0.15, 0.2) is 9.98 Å². The number of aliphatic carboxylic acids is 1. The molecular formula is C18H36N10O6. The molecule has 3 amide bonds. The van der Waals surface area contributed by atoms with Crippen LogP contribution in [0.3, 0.4) is 0 Å². The van der Waals surface area contributed by atoms with Gasteiger partial charge in [-0.05, 0) is 32.6 Å². The number of carboxylic acids is 1. The van der Waals surface area contributed by atoms with Crippen molar-refractivity contribution in [2.75, 3.05) is 19.6 Å². The highest BCUT2D eigenvalue weighted by atomic mass is 16.4. The molecule has 0 aromatic heterocycles. The number of nitrogens with two attached hydrogens (primary N) is 5. The summed E-state index contributed by atoms with van der Waals surface area (Å²) < 4.78 is 0. The third-order valence-corrected chi connectivity index (χ3v) is 4.41. The van der Waals surface area contributed by atoms with Crippen LogP contribution >= 0.6 is 0 Å². The summed E-state index contributed by atoms with van der Waals surface area (Å²) in [5.74, 6) is -3.91. The Morgan fingerprint density at radius 2 is 1.26 bits per heavy atom. The number of hydrogen-bond acceptors (Lipinski definition) is 8. The maximum atomic E-state index is 12.9. The Hall–Kier alpha value is -3.66. The summed E-state index contributed by atoms with van der Waals surface area (Å²) in [4.78, 5) is 56.3. The largest absolute Gasteiger partial charge is 0.480 e. The number of guanidine groups is 2. The quantitative estimate of drug-likeness (QED) is 0.0556. The molecule has 16 nitrogen and oxygen atoms in total. The molecule has 34 heavy (non-hydrogen) atoms. The fraction of sp³-hybridized carbons (Fsp3) is 0.667. The first-order valence-corrected chi connectivity index (χ1v) is 10.5. The molecule has 0 heterocycles. The Labute approximate surface area is 196 Å². The van der Waals surface area contributed by atoms with Crippen LogP contribution in [0.1, 0.15) is 32.6 Å². The van der Waals surface area contributed by atoms with Gasteiger partial charge in [0.1, 0.15) is 12.1 Å². The number of nitrogens with zero attached hydrogens (tertiary/aromatic N) is 2. The van der Waals surface area contributed by atoms with E-state index in [4.69, 9.17) is 28.7 Å². The van der Waals surface area contributed by atoms with Crippen molar-refractivity contribution in [3.63, 3.8) is 0 Å². The van der Waals surface area contributed by atoms with Gasteiger partial charge in [-0.2, -0.15) is 0 Å². The summed E-state index contributed by atoms with van der Waals surface area (Å²) in [5, 5.41) is 26.0. The Balaban J connectivity index is 5.50. The lowest BCUT2D eigenvalue weighted by Crippen LogP contribution is -2.57. The van der Waals surface area contributed by atoms with E-state index in [2.05, 4.69) is 25.9 Å². The van der Waals surface area contributed by atoms with Gasteiger partial charge in [0, 0.05) is 13.1 Å². The van der Waals surface area contributed by atoms with E-state index in [1.807, 2.05) is 0 Å². The van der Waals surface area contributed by atoms with E-state index < -0.39 is 47.9 Å². The second-order valence-electron chi connectivity index (χ2n) is 7.35. The van der Waals surface area contributed by atoms with Crippen LogP contribution < -0.4 is 44.6 Å². The minimum absolute atomic E-state index is 0.0338. The standard InChI is InChI=1S/C18H36N10O6/c1-9(29)13(16(33)34)28-15(32)11(5-3-7-25-18(22)23)27-14(31)10(26-12(30)8-19)4-2-6-24-17(20)21/h9-11,13,29H,2-8,19H2,1H3,(H,26,30)(H,27,31)(H,28,32)(H,33,34)(H4,20,21,24)(H4,22,23,25). The number of carbonyl (C=O) groups is 4. The molecule has 15 N–H and O–H groups in total. The summed E-state index contributed by atoms with van der Waals surface area (Å²) in [6, 6.07) is -3.88. The highest BCUT2D eigenvalue weighted by Crippen LogP contribution is 2.05. The maximum Gasteiger partial charge on any atom is 0.328 e. The van der Waals surface area contributed by atoms with E-state index in [0.717, 1.165) is 0 Å². The molecule has 0 saturated heterocycles. The number of carboxylic acid groups (broad SMARTS) is 1. The van der Waals surface area contributed by atoms with Crippen LogP contribution in [0.2, 0.25) is 0 Å². The van der Waals surface area contributed by atoms with Crippen LogP contribution in [0.4, 0.5) is 0 Å². The van der Waals surface area contributed by atoms with E-state index >= 15 is 0 Å². The van der Waals surface area contributed by atoms with E-state index in [1.54, 1.807) is 0 Å². The molecule has 0 aliphatic heterocycles. The van der Waals surface area contributed by atoms with Crippen molar-refractivity contribution >= 4 is 35.6 Å². The number of nitrogens with one attached hydrogen (secondary N) is 3. The molecule has 16 heteroatoms. The fourth-order valence-electron chi connectivity index (χ4n) is 2.71. The lowest BCUT2D eigenvalue weighted by Gasteiger charge is -2.25. The van der Waals surface area contributed by atoms with Crippen molar-refractivity contribution < 1.29 is 29.4 Å². The third-order valence-electron chi connectivity index (χ3n) is 4.41. The Morgan fingerprint density at radius 1 is 0.824 bits per heavy atom. The second-order valence-corrected chi connectivity index (χ2v) is 7.35. The monoisotopic (exact) mass is 488 g/mol. The molecule has 0 fully saturated rings. The van der Waals surface area contributed by atoms with Gasteiger partial charge in [-0.3, -0.25) is 24.4 Å². The highest BCUT2D eigenvalue weighted by molar-refractivity contribution is 5.93. The zero-order valence-corrected chi connectivity index (χ0v) is 19.1. The third kappa shape index (κ3) is 13.0. The molecule has 0 bridgehead atoms. The summed E-state index contributed by atoms with van der Waals surface area (Å²) in [5.41, 5.74) is 26.4. The molecule has 0 aromatic rings. The molecule has 0 rings (SSSR count). The number of aliphatic imine (C=N–C) groups is 2. The summed E-state index contributed by atoms with van der Waals surface area (Å²) >= 11 is 0. The fourth-order valence-corrected chi connectivity index (χ4v) is 2.71. The average molecular weight is 489 g/mol. The molecule has 4 unspecified atom stereocenters. The van der Waals surface area contributed by atoms with Gasteiger partial charge in [0.25, 0.3) is 0 Å². The van der Waals surface area contributed by atoms with Gasteiger partial charge >= 0.3 is 5.97 Å². The summed E-state index contributed by atoms with van der Waals surface area (Å²) in [6.07, 6.45) is -0.654. The lowest BCUT2D eigenvalue weighted by atomic mass is 10.1. The van der Waals surface area contributed by atoms with Gasteiger partial charge in [0.2, 0.25) is 17.7 Å². The predicted molar refractivity (Wildman–Crippen MR) is 124 cm³/mol. The first-order valence-electron chi connectivity index (χ1n) is 10.5. The number of carbonyl (C=O) groups excluding carboxylic acids is 3. The number of amides is 3. The number of hydrogen-bond donors (Lipinski definition) is 10. The minimum Gasteiger partial charge on any atom is -0.480 e. The molecule has 0 radical (unpaired) electrons. The predicted octanol–water partition coefficient (Wildman–Crippen LogP) is -5.03. The molecule has 0 aromatic carbocycles. The normalized spacial score (nSPS) is 14.0. The number of rotatable bonds is 16. The molecule has 0 spiro atoms. The molecule has 0 aliphatic carbocycles. The summed E-state index contributed by atoms with van der Waals surface area (Å²) in [6.45, 7) is 1.17. The molecule has 0 saturated carbocycles. The van der Waals surface area contributed by atoms with Crippen LogP contribution in [-0.4, -0.2) is 89.7 Å². The van der Waals surface area contributed by atoms with Gasteiger partial charge < -0.3 is 54.8 Å². The number of aliphatic hydroxyl groups is 1. The smallest absolute Gasteiger partial charge is 0.328 e. The minimum atomic E-state index is -1.60. The SMILES string of the molecule is CC(O)C(NC(=O)C(CCCN=C(N)N)NC(=O)C(CCCN=C(N)N)NC(=O)CN)C(=O)O. The van der Waals surface area contributed by atoms with Gasteiger partial charge in [-0.25, -0.2) is 4.79 Å². The molecule has 4 atom stereocenters. The van der Waals surface area contributed by atoms with Crippen LogP contribution in [-0.2, 0) is 19.2 Å². The molecule has 0 aliphatic rings. The van der Waals surface area contributed by atoms with Gasteiger partial charge in [-0.1, -0.05) is 0 Å². The summed E-state index contributed by atoms with van der Waals surface area (Å²) in [7, 11) is 0. The van der Waals surface area contributed by atoms with E-state index in [1.165, 1.54) is 6.92 Å². The topological polar surface area (TPSA) is 300 Å². The van der Waals surface area contributed by atoms with Crippen LogP contribution in [0.5, 0.6) is 0 Å².